The summed E-state index contributed by atoms with van der Waals surface area (Å²) in [6.45, 7) is 4.83. The van der Waals surface area contributed by atoms with Crippen LogP contribution in [0.15, 0.2) is 76.0 Å². The maximum Gasteiger partial charge on any atom is 0.287 e. The van der Waals surface area contributed by atoms with Crippen LogP contribution in [0.5, 0.6) is 0 Å². The predicted octanol–water partition coefficient (Wildman–Crippen LogP) is 4.29. The second-order valence-corrected chi connectivity index (χ2v) is 9.53. The molecule has 0 bridgehead atoms. The van der Waals surface area contributed by atoms with E-state index >= 15 is 0 Å². The highest BCUT2D eigenvalue weighted by Gasteiger charge is 2.22. The normalized spacial score (nSPS) is 16.2. The first-order valence-electron chi connectivity index (χ1n) is 10.7. The molecule has 1 N–H and O–H groups in total. The van der Waals surface area contributed by atoms with Crippen molar-refractivity contribution in [3.05, 3.63) is 89.4 Å². The van der Waals surface area contributed by atoms with Gasteiger partial charge in [0.2, 0.25) is 0 Å². The number of nitrogens with zero attached hydrogens (tertiary/aromatic N) is 1. The summed E-state index contributed by atoms with van der Waals surface area (Å²) >= 11 is 0. The molecule has 162 valence electrons. The van der Waals surface area contributed by atoms with Crippen LogP contribution in [0, 0.1) is 6.92 Å². The number of likely N-dealkylation sites (tertiary alicyclic amines) is 1. The molecule has 1 atom stereocenters. The van der Waals surface area contributed by atoms with E-state index in [1.165, 1.54) is 5.56 Å². The molecule has 2 heterocycles. The van der Waals surface area contributed by atoms with Gasteiger partial charge >= 0.3 is 0 Å². The van der Waals surface area contributed by atoms with Crippen molar-refractivity contribution in [1.29, 1.82) is 0 Å². The topological polar surface area (TPSA) is 62.6 Å². The minimum Gasteiger partial charge on any atom is -0.455 e. The van der Waals surface area contributed by atoms with Gasteiger partial charge in [-0.25, -0.2) is 0 Å². The van der Waals surface area contributed by atoms with Crippen LogP contribution in [-0.2, 0) is 23.1 Å². The third-order valence-electron chi connectivity index (χ3n) is 5.58. The molecule has 1 saturated heterocycles. The van der Waals surface area contributed by atoms with Crippen molar-refractivity contribution in [3.8, 4) is 0 Å². The molecule has 0 aliphatic carbocycles. The standard InChI is InChI=1S/C25H28N2O3S/c1-19-6-5-9-23(16-19)31(29)18-22-10-11-24(30-22)25(28)26-21-12-14-27(15-13-21)17-20-7-3-2-4-8-20/h2-11,16,21H,12-15,17-18H2,1H3,(H,26,28)/t31-/m0/s1. The maximum absolute atomic E-state index is 12.6. The Morgan fingerprint density at radius 3 is 2.58 bits per heavy atom. The number of hydrogen-bond donors (Lipinski definition) is 1. The monoisotopic (exact) mass is 436 g/mol. The van der Waals surface area contributed by atoms with Gasteiger partial charge in [0, 0.05) is 30.6 Å². The average Bonchev–Trinajstić information content (AvgIpc) is 3.24. The number of aryl methyl sites for hydroxylation is 1. The second kappa shape index (κ2) is 10.1. The first kappa shape index (κ1) is 21.5. The Morgan fingerprint density at radius 2 is 1.84 bits per heavy atom. The van der Waals surface area contributed by atoms with E-state index < -0.39 is 10.8 Å². The van der Waals surface area contributed by atoms with Crippen molar-refractivity contribution in [3.63, 3.8) is 0 Å². The van der Waals surface area contributed by atoms with E-state index in [9.17, 15) is 9.00 Å². The van der Waals surface area contributed by atoms with Gasteiger partial charge in [-0.3, -0.25) is 13.9 Å². The molecule has 5 nitrogen and oxygen atoms in total. The maximum atomic E-state index is 12.6. The van der Waals surface area contributed by atoms with Crippen LogP contribution in [-0.4, -0.2) is 34.1 Å². The Hall–Kier alpha value is -2.70. The van der Waals surface area contributed by atoms with Crippen molar-refractivity contribution in [2.24, 2.45) is 0 Å². The summed E-state index contributed by atoms with van der Waals surface area (Å²) in [5.41, 5.74) is 2.39. The average molecular weight is 437 g/mol. The Balaban J connectivity index is 1.26. The first-order chi connectivity index (χ1) is 15.1. The third-order valence-corrected chi connectivity index (χ3v) is 6.91. The smallest absolute Gasteiger partial charge is 0.287 e. The molecule has 31 heavy (non-hydrogen) atoms. The SMILES string of the molecule is Cc1cccc([S@@](=O)Cc2ccc(C(=O)NC3CCN(Cc4ccccc4)CC3)o2)c1. The first-order valence-corrected chi connectivity index (χ1v) is 12.0. The van der Waals surface area contributed by atoms with Gasteiger partial charge in [-0.2, -0.15) is 0 Å². The van der Waals surface area contributed by atoms with Gasteiger partial charge in [-0.1, -0.05) is 42.5 Å². The number of amides is 1. The number of piperidine rings is 1. The lowest BCUT2D eigenvalue weighted by atomic mass is 10.0. The van der Waals surface area contributed by atoms with Crippen molar-refractivity contribution < 1.29 is 13.4 Å². The minimum absolute atomic E-state index is 0.148. The number of carbonyl (C=O) groups is 1. The van der Waals surface area contributed by atoms with E-state index in [1.54, 1.807) is 12.1 Å². The highest BCUT2D eigenvalue weighted by Crippen LogP contribution is 2.18. The molecule has 0 spiro atoms. The highest BCUT2D eigenvalue weighted by molar-refractivity contribution is 7.84. The summed E-state index contributed by atoms with van der Waals surface area (Å²) in [7, 11) is -1.20. The second-order valence-electron chi connectivity index (χ2n) is 8.08. The number of benzene rings is 2. The molecule has 1 amide bonds. The van der Waals surface area contributed by atoms with Crippen LogP contribution in [0.4, 0.5) is 0 Å². The zero-order valence-electron chi connectivity index (χ0n) is 17.8. The summed E-state index contributed by atoms with van der Waals surface area (Å²) in [6, 6.07) is 21.7. The molecule has 2 aromatic carbocycles. The number of carbonyl (C=O) groups excluding carboxylic acids is 1. The summed E-state index contributed by atoms with van der Waals surface area (Å²) in [5.74, 6) is 0.897. The largest absolute Gasteiger partial charge is 0.455 e. The fraction of sp³-hybridized carbons (Fsp3) is 0.320. The fourth-order valence-corrected chi connectivity index (χ4v) is 5.01. The van der Waals surface area contributed by atoms with E-state index in [-0.39, 0.29) is 23.5 Å². The minimum atomic E-state index is -1.20. The van der Waals surface area contributed by atoms with Crippen molar-refractivity contribution in [2.75, 3.05) is 13.1 Å². The molecule has 0 unspecified atom stereocenters. The van der Waals surface area contributed by atoms with Gasteiger partial charge in [0.15, 0.2) is 5.76 Å². The quantitative estimate of drug-likeness (QED) is 0.600. The Bertz CT molecular complexity index is 1040. The number of nitrogens with one attached hydrogen (secondary N) is 1. The Kier molecular flexibility index (Phi) is 6.99. The van der Waals surface area contributed by atoms with E-state index in [2.05, 4.69) is 34.5 Å². The fourth-order valence-electron chi connectivity index (χ4n) is 3.88. The van der Waals surface area contributed by atoms with Crippen LogP contribution in [0.2, 0.25) is 0 Å². The molecule has 1 aliphatic heterocycles. The molecule has 0 radical (unpaired) electrons. The molecule has 0 saturated carbocycles. The van der Waals surface area contributed by atoms with Crippen LogP contribution < -0.4 is 5.32 Å². The van der Waals surface area contributed by atoms with E-state index in [0.29, 0.717) is 5.76 Å². The Labute approximate surface area is 185 Å². The van der Waals surface area contributed by atoms with Crippen molar-refractivity contribution in [2.45, 2.75) is 43.0 Å². The summed E-state index contributed by atoms with van der Waals surface area (Å²) in [6.07, 6.45) is 1.84. The van der Waals surface area contributed by atoms with Crippen LogP contribution in [0.3, 0.4) is 0 Å². The van der Waals surface area contributed by atoms with Gasteiger partial charge in [0.25, 0.3) is 5.91 Å². The van der Waals surface area contributed by atoms with Gasteiger partial charge in [0.05, 0.1) is 16.6 Å². The lowest BCUT2D eigenvalue weighted by molar-refractivity contribution is 0.0879. The van der Waals surface area contributed by atoms with Gasteiger partial charge in [-0.15, -0.1) is 0 Å². The predicted molar refractivity (Wildman–Crippen MR) is 122 cm³/mol. The molecular weight excluding hydrogens is 408 g/mol. The summed E-state index contributed by atoms with van der Waals surface area (Å²) in [4.78, 5) is 15.8. The lowest BCUT2D eigenvalue weighted by Crippen LogP contribution is -2.44. The van der Waals surface area contributed by atoms with E-state index in [4.69, 9.17) is 4.42 Å². The number of rotatable bonds is 7. The molecule has 1 aliphatic rings. The van der Waals surface area contributed by atoms with Crippen molar-refractivity contribution >= 4 is 16.7 Å². The zero-order chi connectivity index (χ0) is 21.6. The zero-order valence-corrected chi connectivity index (χ0v) is 18.6. The number of hydrogen-bond acceptors (Lipinski definition) is 4. The summed E-state index contributed by atoms with van der Waals surface area (Å²) in [5, 5.41) is 3.09. The van der Waals surface area contributed by atoms with Crippen LogP contribution in [0.25, 0.3) is 0 Å². The van der Waals surface area contributed by atoms with Gasteiger partial charge in [-0.05, 0) is 55.2 Å². The van der Waals surface area contributed by atoms with Gasteiger partial charge < -0.3 is 9.73 Å². The van der Waals surface area contributed by atoms with Gasteiger partial charge in [0.1, 0.15) is 5.76 Å². The highest BCUT2D eigenvalue weighted by atomic mass is 32.2. The molecule has 6 heteroatoms. The third kappa shape index (κ3) is 5.93. The van der Waals surface area contributed by atoms with Crippen LogP contribution >= 0.6 is 0 Å². The lowest BCUT2D eigenvalue weighted by Gasteiger charge is -2.32. The summed E-state index contributed by atoms with van der Waals surface area (Å²) < 4.78 is 18.3. The van der Waals surface area contributed by atoms with E-state index in [1.807, 2.05) is 37.3 Å². The molecule has 1 fully saturated rings. The van der Waals surface area contributed by atoms with Crippen molar-refractivity contribution in [1.82, 2.24) is 10.2 Å². The van der Waals surface area contributed by atoms with Crippen LogP contribution in [0.1, 0.15) is 40.3 Å². The molecular formula is C25H28N2O3S. The number of furan rings is 1. The Morgan fingerprint density at radius 1 is 1.06 bits per heavy atom. The molecule has 1 aromatic heterocycles. The molecule has 4 rings (SSSR count). The molecule has 3 aromatic rings. The van der Waals surface area contributed by atoms with E-state index in [0.717, 1.165) is 42.9 Å².